The molecule has 0 spiro atoms. The lowest BCUT2D eigenvalue weighted by molar-refractivity contribution is -0.142. The highest BCUT2D eigenvalue weighted by molar-refractivity contribution is 8.01. The molecule has 27 heavy (non-hydrogen) atoms. The van der Waals surface area contributed by atoms with Crippen LogP contribution < -0.4 is 10.1 Å². The Morgan fingerprint density at radius 3 is 2.89 bits per heavy atom. The number of carbonyl (C=O) groups excluding carboxylic acids is 2. The molecule has 0 aromatic heterocycles. The first-order valence-corrected chi connectivity index (χ1v) is 9.93. The molecule has 2 N–H and O–H groups in total. The van der Waals surface area contributed by atoms with Crippen LogP contribution in [0, 0.1) is 5.92 Å². The van der Waals surface area contributed by atoms with Crippen molar-refractivity contribution in [2.45, 2.75) is 37.1 Å². The molecule has 2 saturated heterocycles. The van der Waals surface area contributed by atoms with Crippen molar-refractivity contribution in [2.24, 2.45) is 5.92 Å². The van der Waals surface area contributed by atoms with Gasteiger partial charge >= 0.3 is 5.97 Å². The minimum absolute atomic E-state index is 0.00608. The van der Waals surface area contributed by atoms with E-state index in [4.69, 9.17) is 4.74 Å². The molecule has 2 aliphatic rings. The van der Waals surface area contributed by atoms with E-state index in [0.29, 0.717) is 17.9 Å². The van der Waals surface area contributed by atoms with Gasteiger partial charge in [-0.25, -0.2) is 0 Å². The van der Waals surface area contributed by atoms with Gasteiger partial charge in [-0.2, -0.15) is 0 Å². The van der Waals surface area contributed by atoms with Crippen LogP contribution >= 0.6 is 11.8 Å². The molecular formula is C19H24N2O5S. The molecule has 0 saturated carbocycles. The van der Waals surface area contributed by atoms with Gasteiger partial charge < -0.3 is 20.1 Å². The van der Waals surface area contributed by atoms with Crippen LogP contribution in [0.2, 0.25) is 0 Å². The summed E-state index contributed by atoms with van der Waals surface area (Å²) in [6, 6.07) is 6.71. The Morgan fingerprint density at radius 2 is 2.19 bits per heavy atom. The van der Waals surface area contributed by atoms with Crippen LogP contribution in [0.5, 0.6) is 5.75 Å². The van der Waals surface area contributed by atoms with Crippen LogP contribution in [0.15, 0.2) is 24.3 Å². The topological polar surface area (TPSA) is 95.9 Å². The van der Waals surface area contributed by atoms with Crippen molar-refractivity contribution in [3.05, 3.63) is 29.8 Å². The second-order valence-corrected chi connectivity index (χ2v) is 8.56. The molecule has 7 nitrogen and oxygen atoms in total. The molecule has 1 aromatic carbocycles. The maximum Gasteiger partial charge on any atom is 0.308 e. The summed E-state index contributed by atoms with van der Waals surface area (Å²) in [4.78, 5) is 37.8. The van der Waals surface area contributed by atoms with Crippen molar-refractivity contribution in [3.63, 3.8) is 0 Å². The maximum absolute atomic E-state index is 12.6. The molecule has 1 aromatic rings. The highest BCUT2D eigenvalue weighted by Crippen LogP contribution is 2.47. The molecule has 2 heterocycles. The smallest absolute Gasteiger partial charge is 0.308 e. The summed E-state index contributed by atoms with van der Waals surface area (Å²) in [5.74, 6) is -0.887. The number of carbonyl (C=O) groups is 3. The summed E-state index contributed by atoms with van der Waals surface area (Å²) in [7, 11) is 1.54. The fourth-order valence-corrected chi connectivity index (χ4v) is 5.17. The summed E-state index contributed by atoms with van der Waals surface area (Å²) in [6.07, 6.45) is 1.45. The van der Waals surface area contributed by atoms with Gasteiger partial charge in [0.15, 0.2) is 0 Å². The maximum atomic E-state index is 12.6. The number of hydrogen-bond acceptors (Lipinski definition) is 5. The van der Waals surface area contributed by atoms with Gasteiger partial charge in [-0.05, 0) is 31.4 Å². The average molecular weight is 392 g/mol. The van der Waals surface area contributed by atoms with Crippen molar-refractivity contribution in [2.75, 3.05) is 19.4 Å². The van der Waals surface area contributed by atoms with E-state index in [1.54, 1.807) is 22.7 Å². The first kappa shape index (κ1) is 19.5. The third kappa shape index (κ3) is 3.90. The standard InChI is InChI=1S/C19H24N2O5S/c1-19-8-7-16(22)21(19)14(11-27-19)17(23)20-10-13(18(24)25)9-12-5-3-4-6-15(12)26-2/h3-6,13-14H,7-11H2,1-2H3,(H,20,23)(H,24,25). The number of carboxylic acid groups (broad SMARTS) is 1. The Labute approximate surface area is 162 Å². The molecular weight excluding hydrogens is 368 g/mol. The highest BCUT2D eigenvalue weighted by atomic mass is 32.2. The number of nitrogens with zero attached hydrogens (tertiary/aromatic N) is 1. The lowest BCUT2D eigenvalue weighted by Gasteiger charge is -2.30. The molecule has 3 unspecified atom stereocenters. The number of benzene rings is 1. The summed E-state index contributed by atoms with van der Waals surface area (Å²) < 4.78 is 5.28. The minimum atomic E-state index is -0.982. The Kier molecular flexibility index (Phi) is 5.64. The number of methoxy groups -OCH3 is 1. The lowest BCUT2D eigenvalue weighted by Crippen LogP contribution is -2.51. The quantitative estimate of drug-likeness (QED) is 0.730. The SMILES string of the molecule is COc1ccccc1CC(CNC(=O)C1CSC2(C)CCC(=O)N12)C(=O)O. The van der Waals surface area contributed by atoms with E-state index in [0.717, 1.165) is 12.0 Å². The number of ether oxygens (including phenoxy) is 1. The Morgan fingerprint density at radius 1 is 1.44 bits per heavy atom. The number of para-hydroxylation sites is 1. The van der Waals surface area contributed by atoms with Gasteiger partial charge in [0.05, 0.1) is 17.9 Å². The molecule has 3 rings (SSSR count). The van der Waals surface area contributed by atoms with E-state index in [1.807, 2.05) is 25.1 Å². The summed E-state index contributed by atoms with van der Waals surface area (Å²) in [5.41, 5.74) is 0.778. The van der Waals surface area contributed by atoms with Crippen molar-refractivity contribution in [1.82, 2.24) is 10.2 Å². The number of aliphatic carboxylic acids is 1. The summed E-state index contributed by atoms with van der Waals surface area (Å²) >= 11 is 1.61. The average Bonchev–Trinajstić information content (AvgIpc) is 3.14. The molecule has 146 valence electrons. The normalized spacial score (nSPS) is 25.2. The molecule has 2 aliphatic heterocycles. The van der Waals surface area contributed by atoms with Crippen molar-refractivity contribution < 1.29 is 24.2 Å². The van der Waals surface area contributed by atoms with Crippen LogP contribution in [-0.4, -0.2) is 58.1 Å². The number of amides is 2. The van der Waals surface area contributed by atoms with Gasteiger partial charge in [-0.1, -0.05) is 18.2 Å². The molecule has 2 fully saturated rings. The second kappa shape index (κ2) is 7.80. The largest absolute Gasteiger partial charge is 0.496 e. The first-order chi connectivity index (χ1) is 12.9. The number of nitrogens with one attached hydrogen (secondary N) is 1. The lowest BCUT2D eigenvalue weighted by atomic mass is 9.98. The zero-order valence-electron chi connectivity index (χ0n) is 15.4. The predicted octanol–water partition coefficient (Wildman–Crippen LogP) is 1.51. The summed E-state index contributed by atoms with van der Waals surface area (Å²) in [6.45, 7) is 1.99. The zero-order chi connectivity index (χ0) is 19.6. The summed E-state index contributed by atoms with van der Waals surface area (Å²) in [5, 5.41) is 12.3. The monoisotopic (exact) mass is 392 g/mol. The Balaban J connectivity index is 1.64. The molecule has 0 aliphatic carbocycles. The van der Waals surface area contributed by atoms with E-state index in [9.17, 15) is 19.5 Å². The van der Waals surface area contributed by atoms with Crippen molar-refractivity contribution in [3.8, 4) is 5.75 Å². The van der Waals surface area contributed by atoms with Gasteiger partial charge in [0.2, 0.25) is 11.8 Å². The van der Waals surface area contributed by atoms with E-state index in [2.05, 4.69) is 5.32 Å². The number of carboxylic acids is 1. The van der Waals surface area contributed by atoms with Gasteiger partial charge in [-0.15, -0.1) is 11.8 Å². The third-order valence-electron chi connectivity index (χ3n) is 5.28. The van der Waals surface area contributed by atoms with E-state index < -0.39 is 17.9 Å². The van der Waals surface area contributed by atoms with Gasteiger partial charge in [0.1, 0.15) is 11.8 Å². The molecule has 2 amide bonds. The van der Waals surface area contributed by atoms with Gasteiger partial charge in [0.25, 0.3) is 0 Å². The number of thioether (sulfide) groups is 1. The van der Waals surface area contributed by atoms with Crippen LogP contribution in [-0.2, 0) is 20.8 Å². The van der Waals surface area contributed by atoms with E-state index in [1.165, 1.54) is 7.11 Å². The van der Waals surface area contributed by atoms with Crippen LogP contribution in [0.1, 0.15) is 25.3 Å². The highest BCUT2D eigenvalue weighted by Gasteiger charge is 2.52. The third-order valence-corrected chi connectivity index (χ3v) is 6.78. The predicted molar refractivity (Wildman–Crippen MR) is 102 cm³/mol. The number of fused-ring (bicyclic) bond motifs is 1. The number of rotatable bonds is 7. The number of hydrogen-bond donors (Lipinski definition) is 2. The fraction of sp³-hybridized carbons (Fsp3) is 0.526. The van der Waals surface area contributed by atoms with E-state index in [-0.39, 0.29) is 29.7 Å². The Bertz CT molecular complexity index is 755. The van der Waals surface area contributed by atoms with Crippen LogP contribution in [0.3, 0.4) is 0 Å². The molecule has 0 radical (unpaired) electrons. The van der Waals surface area contributed by atoms with Gasteiger partial charge in [-0.3, -0.25) is 14.4 Å². The van der Waals surface area contributed by atoms with Crippen molar-refractivity contribution in [1.29, 1.82) is 0 Å². The van der Waals surface area contributed by atoms with E-state index >= 15 is 0 Å². The molecule has 0 bridgehead atoms. The minimum Gasteiger partial charge on any atom is -0.496 e. The first-order valence-electron chi connectivity index (χ1n) is 8.94. The molecule has 8 heteroatoms. The Hall–Kier alpha value is -2.22. The van der Waals surface area contributed by atoms with Crippen LogP contribution in [0.4, 0.5) is 0 Å². The fourth-order valence-electron chi connectivity index (χ4n) is 3.74. The van der Waals surface area contributed by atoms with Crippen molar-refractivity contribution >= 4 is 29.5 Å². The molecule has 3 atom stereocenters. The zero-order valence-corrected chi connectivity index (χ0v) is 16.3. The van der Waals surface area contributed by atoms with Gasteiger partial charge in [0, 0.05) is 18.7 Å². The second-order valence-electron chi connectivity index (χ2n) is 7.06. The van der Waals surface area contributed by atoms with Crippen LogP contribution in [0.25, 0.3) is 0 Å².